The summed E-state index contributed by atoms with van der Waals surface area (Å²) in [7, 11) is 2.29. The van der Waals surface area contributed by atoms with Crippen LogP contribution in [0.3, 0.4) is 0 Å². The van der Waals surface area contributed by atoms with Gasteiger partial charge in [-0.2, -0.15) is 0 Å². The van der Waals surface area contributed by atoms with Crippen LogP contribution in [0.15, 0.2) is 12.1 Å². The van der Waals surface area contributed by atoms with E-state index in [-0.39, 0.29) is 21.9 Å². The smallest absolute Gasteiger partial charge is 0.264 e. The zero-order chi connectivity index (χ0) is 17.5. The molecule has 2 aliphatic heterocycles. The summed E-state index contributed by atoms with van der Waals surface area (Å²) in [6.07, 6.45) is 0. The van der Waals surface area contributed by atoms with Crippen molar-refractivity contribution in [3.8, 4) is 0 Å². The molecule has 0 aromatic heterocycles. The van der Waals surface area contributed by atoms with Gasteiger partial charge in [0.25, 0.3) is 23.6 Å². The second kappa shape index (κ2) is 4.22. The molecular formula is C16H8F2N2O4. The highest BCUT2D eigenvalue weighted by molar-refractivity contribution is 6.33. The molecule has 24 heavy (non-hydrogen) atoms. The Morgan fingerprint density at radius 3 is 1.33 bits per heavy atom. The van der Waals surface area contributed by atoms with E-state index < -0.39 is 46.4 Å². The molecule has 8 heteroatoms. The summed E-state index contributed by atoms with van der Waals surface area (Å²) in [5.41, 5.74) is -1.40. The molecule has 0 bridgehead atoms. The zero-order valence-electron chi connectivity index (χ0n) is 12.4. The summed E-state index contributed by atoms with van der Waals surface area (Å²) in [5, 5.41) is -0.381. The lowest BCUT2D eigenvalue weighted by Gasteiger charge is -2.29. The Morgan fingerprint density at radius 2 is 1.00 bits per heavy atom. The molecule has 6 nitrogen and oxygen atoms in total. The average Bonchev–Trinajstić information content (AvgIpc) is 2.54. The molecule has 4 amide bonds. The number of nitrogens with zero attached hydrogens (tertiary/aromatic N) is 2. The van der Waals surface area contributed by atoms with Gasteiger partial charge in [0.1, 0.15) is 11.6 Å². The van der Waals surface area contributed by atoms with Crippen molar-refractivity contribution in [2.24, 2.45) is 0 Å². The molecule has 120 valence electrons. The summed E-state index contributed by atoms with van der Waals surface area (Å²) in [5.74, 6) is -5.48. The van der Waals surface area contributed by atoms with Gasteiger partial charge in [-0.05, 0) is 12.1 Å². The molecule has 2 aliphatic rings. The van der Waals surface area contributed by atoms with Gasteiger partial charge in [0.2, 0.25) is 0 Å². The van der Waals surface area contributed by atoms with E-state index in [1.54, 1.807) is 0 Å². The molecule has 0 N–H and O–H groups in total. The largest absolute Gasteiger partial charge is 0.277 e. The Balaban J connectivity index is 2.33. The van der Waals surface area contributed by atoms with E-state index in [9.17, 15) is 28.0 Å². The van der Waals surface area contributed by atoms with Crippen molar-refractivity contribution in [2.45, 2.75) is 0 Å². The van der Waals surface area contributed by atoms with Crippen molar-refractivity contribution < 1.29 is 28.0 Å². The van der Waals surface area contributed by atoms with Crippen LogP contribution in [0.2, 0.25) is 0 Å². The van der Waals surface area contributed by atoms with E-state index in [0.717, 1.165) is 26.2 Å². The van der Waals surface area contributed by atoms with Gasteiger partial charge >= 0.3 is 0 Å². The second-order valence-corrected chi connectivity index (χ2v) is 5.65. The number of rotatable bonds is 0. The van der Waals surface area contributed by atoms with Crippen molar-refractivity contribution in [3.63, 3.8) is 0 Å². The average molecular weight is 330 g/mol. The summed E-state index contributed by atoms with van der Waals surface area (Å²) >= 11 is 0. The lowest BCUT2D eigenvalue weighted by Crippen LogP contribution is -2.41. The van der Waals surface area contributed by atoms with Crippen LogP contribution in [0.4, 0.5) is 8.78 Å². The molecule has 0 saturated heterocycles. The first kappa shape index (κ1) is 14.4. The number of carbonyl (C=O) groups excluding carboxylic acids is 4. The van der Waals surface area contributed by atoms with Gasteiger partial charge in [0.05, 0.1) is 22.3 Å². The normalized spacial score (nSPS) is 16.5. The molecule has 0 unspecified atom stereocenters. The van der Waals surface area contributed by atoms with Crippen LogP contribution in [-0.4, -0.2) is 47.5 Å². The molecule has 0 aliphatic carbocycles. The fraction of sp³-hybridized carbons (Fsp3) is 0.125. The Bertz CT molecular complexity index is 961. The number of hydrogen-bond donors (Lipinski definition) is 0. The third-order valence-corrected chi connectivity index (χ3v) is 4.42. The molecule has 0 fully saturated rings. The highest BCUT2D eigenvalue weighted by atomic mass is 19.1. The Labute approximate surface area is 133 Å². The maximum Gasteiger partial charge on any atom is 0.264 e. The highest BCUT2D eigenvalue weighted by Crippen LogP contribution is 2.39. The molecule has 2 heterocycles. The summed E-state index contributed by atoms with van der Waals surface area (Å²) < 4.78 is 29.0. The monoisotopic (exact) mass is 330 g/mol. The fourth-order valence-corrected chi connectivity index (χ4v) is 3.21. The lowest BCUT2D eigenvalue weighted by molar-refractivity contribution is 0.0624. The first-order chi connectivity index (χ1) is 11.3. The van der Waals surface area contributed by atoms with E-state index >= 15 is 0 Å². The van der Waals surface area contributed by atoms with Gasteiger partial charge in [-0.1, -0.05) is 0 Å². The second-order valence-electron chi connectivity index (χ2n) is 5.65. The van der Waals surface area contributed by atoms with E-state index in [4.69, 9.17) is 0 Å². The number of halogens is 2. The molecule has 4 rings (SSSR count). The van der Waals surface area contributed by atoms with E-state index in [1.165, 1.54) is 0 Å². The van der Waals surface area contributed by atoms with Crippen LogP contribution in [0, 0.1) is 11.6 Å². The lowest BCUT2D eigenvalue weighted by atomic mass is 9.85. The first-order valence-electron chi connectivity index (χ1n) is 6.89. The Hall–Kier alpha value is -3.16. The van der Waals surface area contributed by atoms with Crippen LogP contribution in [-0.2, 0) is 0 Å². The molecular weight excluding hydrogens is 322 g/mol. The van der Waals surface area contributed by atoms with Crippen molar-refractivity contribution >= 4 is 34.4 Å². The van der Waals surface area contributed by atoms with Crippen LogP contribution in [0.5, 0.6) is 0 Å². The van der Waals surface area contributed by atoms with Crippen LogP contribution in [0.1, 0.15) is 41.4 Å². The fourth-order valence-electron chi connectivity index (χ4n) is 3.21. The van der Waals surface area contributed by atoms with Crippen molar-refractivity contribution in [3.05, 3.63) is 46.0 Å². The predicted octanol–water partition coefficient (Wildman–Crippen LogP) is 1.57. The molecule has 0 atom stereocenters. The van der Waals surface area contributed by atoms with Gasteiger partial charge in [-0.3, -0.25) is 29.0 Å². The van der Waals surface area contributed by atoms with Gasteiger partial charge < -0.3 is 0 Å². The maximum absolute atomic E-state index is 14.5. The quantitative estimate of drug-likeness (QED) is 0.687. The summed E-state index contributed by atoms with van der Waals surface area (Å²) in [6, 6.07) is 1.61. The molecule has 0 spiro atoms. The number of carbonyl (C=O) groups is 4. The SMILES string of the molecule is CN1C(=O)c2cc(F)c3c4c(cc(F)c(c24)C1=O)C(=O)N(C)C3=O. The van der Waals surface area contributed by atoms with E-state index in [2.05, 4.69) is 0 Å². The first-order valence-corrected chi connectivity index (χ1v) is 6.89. The number of benzene rings is 2. The van der Waals surface area contributed by atoms with Crippen molar-refractivity contribution in [1.29, 1.82) is 0 Å². The van der Waals surface area contributed by atoms with E-state index in [1.807, 2.05) is 0 Å². The van der Waals surface area contributed by atoms with Crippen molar-refractivity contribution in [2.75, 3.05) is 14.1 Å². The van der Waals surface area contributed by atoms with Crippen molar-refractivity contribution in [1.82, 2.24) is 9.80 Å². The predicted molar refractivity (Wildman–Crippen MR) is 76.7 cm³/mol. The maximum atomic E-state index is 14.5. The molecule has 0 saturated carbocycles. The standard InChI is InChI=1S/C16H8F2N2O4/c1-19-13(21)5-3-8(18)12-10-6(14(22)20(2)16(12)24)4-7(17)11(9(5)10)15(19)23/h3-4H,1-2H3. The minimum absolute atomic E-state index is 0.190. The van der Waals surface area contributed by atoms with Gasteiger partial charge in [-0.15, -0.1) is 0 Å². The third-order valence-electron chi connectivity index (χ3n) is 4.42. The molecule has 0 radical (unpaired) electrons. The minimum Gasteiger partial charge on any atom is -0.277 e. The van der Waals surface area contributed by atoms with Crippen LogP contribution in [0.25, 0.3) is 10.8 Å². The number of hydrogen-bond acceptors (Lipinski definition) is 4. The Morgan fingerprint density at radius 1 is 0.667 bits per heavy atom. The molecule has 2 aromatic carbocycles. The third kappa shape index (κ3) is 1.43. The minimum atomic E-state index is -1.00. The van der Waals surface area contributed by atoms with Crippen LogP contribution < -0.4 is 0 Å². The zero-order valence-corrected chi connectivity index (χ0v) is 12.4. The topological polar surface area (TPSA) is 74.8 Å². The molecule has 2 aromatic rings. The highest BCUT2D eigenvalue weighted by Gasteiger charge is 2.41. The van der Waals surface area contributed by atoms with Gasteiger partial charge in [0, 0.05) is 24.9 Å². The summed E-state index contributed by atoms with van der Waals surface area (Å²) in [6.45, 7) is 0. The van der Waals surface area contributed by atoms with Gasteiger partial charge in [0.15, 0.2) is 0 Å². The van der Waals surface area contributed by atoms with Crippen LogP contribution >= 0.6 is 0 Å². The number of amides is 4. The number of imide groups is 2. The van der Waals surface area contributed by atoms with Gasteiger partial charge in [-0.25, -0.2) is 8.78 Å². The summed E-state index contributed by atoms with van der Waals surface area (Å²) in [4.78, 5) is 50.4. The van der Waals surface area contributed by atoms with E-state index in [0.29, 0.717) is 9.80 Å². The Kier molecular flexibility index (Phi) is 2.54.